The van der Waals surface area contributed by atoms with Crippen molar-refractivity contribution < 1.29 is 14.2 Å². The molecular weight excluding hydrogens is 440 g/mol. The van der Waals surface area contributed by atoms with E-state index in [0.29, 0.717) is 5.92 Å². The molecular formula is C28H60N4O3. The van der Waals surface area contributed by atoms with Crippen LogP contribution < -0.4 is 22.5 Å². The third-order valence-electron chi connectivity index (χ3n) is 7.33. The number of hydrogen-bond donors (Lipinski definition) is 4. The first-order chi connectivity index (χ1) is 17.2. The molecule has 4 atom stereocenters. The second kappa shape index (κ2) is 22.9. The molecule has 0 aromatic carbocycles. The highest BCUT2D eigenvalue weighted by Crippen LogP contribution is 2.34. The molecule has 7 heteroatoms. The molecule has 1 aliphatic rings. The Bertz CT molecular complexity index is 454. The van der Waals surface area contributed by atoms with Gasteiger partial charge in [-0.1, -0.05) is 65.2 Å². The Morgan fingerprint density at radius 2 is 1.14 bits per heavy atom. The van der Waals surface area contributed by atoms with Gasteiger partial charge in [0.25, 0.3) is 0 Å². The highest BCUT2D eigenvalue weighted by Gasteiger charge is 2.48. The Labute approximate surface area is 216 Å². The Balaban J connectivity index is 2.69. The maximum Gasteiger partial charge on any atom is 0.114 e. The van der Waals surface area contributed by atoms with E-state index in [4.69, 9.17) is 31.4 Å². The van der Waals surface area contributed by atoms with Gasteiger partial charge in [-0.3, -0.25) is 0 Å². The van der Waals surface area contributed by atoms with Gasteiger partial charge in [0.15, 0.2) is 0 Å². The molecule has 1 saturated heterocycles. The summed E-state index contributed by atoms with van der Waals surface area (Å²) < 4.78 is 19.8. The smallest absolute Gasteiger partial charge is 0.114 e. The molecule has 1 rings (SSSR count). The molecule has 0 bridgehead atoms. The highest BCUT2D eigenvalue weighted by atomic mass is 16.6. The summed E-state index contributed by atoms with van der Waals surface area (Å²) in [5, 5.41) is 3.64. The molecule has 1 aliphatic heterocycles. The van der Waals surface area contributed by atoms with Gasteiger partial charge in [-0.15, -0.1) is 0 Å². The van der Waals surface area contributed by atoms with Crippen molar-refractivity contribution in [2.24, 2.45) is 23.1 Å². The summed E-state index contributed by atoms with van der Waals surface area (Å²) in [6.45, 7) is 10.2. The topological polar surface area (TPSA) is 118 Å². The zero-order valence-electron chi connectivity index (χ0n) is 23.2. The van der Waals surface area contributed by atoms with Crippen LogP contribution >= 0.6 is 0 Å². The van der Waals surface area contributed by atoms with E-state index in [9.17, 15) is 0 Å². The fraction of sp³-hybridized carbons (Fsp3) is 1.00. The predicted molar refractivity (Wildman–Crippen MR) is 148 cm³/mol. The van der Waals surface area contributed by atoms with Crippen LogP contribution in [0.3, 0.4) is 0 Å². The molecule has 210 valence electrons. The van der Waals surface area contributed by atoms with Gasteiger partial charge in [-0.05, 0) is 70.6 Å². The third-order valence-corrected chi connectivity index (χ3v) is 7.33. The molecule has 1 heterocycles. The summed E-state index contributed by atoms with van der Waals surface area (Å²) in [5.41, 5.74) is 16.9. The Hall–Kier alpha value is -0.280. The van der Waals surface area contributed by atoms with Crippen LogP contribution in [-0.4, -0.2) is 70.4 Å². The maximum absolute atomic E-state index is 6.70. The quantitative estimate of drug-likeness (QED) is 0.139. The van der Waals surface area contributed by atoms with Crippen LogP contribution in [0.15, 0.2) is 0 Å². The van der Waals surface area contributed by atoms with E-state index in [-0.39, 0.29) is 24.4 Å². The monoisotopic (exact) mass is 500 g/mol. The Morgan fingerprint density at radius 1 is 0.657 bits per heavy atom. The minimum absolute atomic E-state index is 0.00908. The summed E-state index contributed by atoms with van der Waals surface area (Å²) in [4.78, 5) is 0. The van der Waals surface area contributed by atoms with Crippen LogP contribution in [0.1, 0.15) is 104 Å². The number of unbranched alkanes of at least 4 members (excludes halogenated alkanes) is 9. The van der Waals surface area contributed by atoms with Gasteiger partial charge in [0.05, 0.1) is 12.2 Å². The van der Waals surface area contributed by atoms with Crippen molar-refractivity contribution in [2.45, 2.75) is 128 Å². The van der Waals surface area contributed by atoms with Crippen molar-refractivity contribution in [3.63, 3.8) is 0 Å². The molecule has 0 saturated carbocycles. The van der Waals surface area contributed by atoms with E-state index in [1.165, 1.54) is 44.9 Å². The van der Waals surface area contributed by atoms with E-state index in [1.807, 2.05) is 0 Å². The van der Waals surface area contributed by atoms with Crippen LogP contribution in [0.25, 0.3) is 0 Å². The lowest BCUT2D eigenvalue weighted by Gasteiger charge is -2.28. The molecule has 4 unspecified atom stereocenters. The molecule has 0 aromatic rings. The molecule has 35 heavy (non-hydrogen) atoms. The van der Waals surface area contributed by atoms with E-state index in [2.05, 4.69) is 19.2 Å². The molecule has 0 aromatic heterocycles. The van der Waals surface area contributed by atoms with Crippen LogP contribution in [0.2, 0.25) is 0 Å². The Kier molecular flexibility index (Phi) is 21.4. The van der Waals surface area contributed by atoms with E-state index in [0.717, 1.165) is 90.9 Å². The van der Waals surface area contributed by atoms with Gasteiger partial charge >= 0.3 is 0 Å². The van der Waals surface area contributed by atoms with Crippen LogP contribution in [0.4, 0.5) is 0 Å². The lowest BCUT2D eigenvalue weighted by molar-refractivity contribution is -0.0759. The molecule has 0 radical (unpaired) electrons. The number of nitrogens with one attached hydrogen (secondary N) is 1. The van der Waals surface area contributed by atoms with Gasteiger partial charge in [0.1, 0.15) is 12.2 Å². The number of hydrogen-bond acceptors (Lipinski definition) is 7. The number of rotatable bonds is 25. The van der Waals surface area contributed by atoms with Crippen LogP contribution in [-0.2, 0) is 14.2 Å². The largest absolute Gasteiger partial charge is 0.373 e. The predicted octanol–water partition coefficient (Wildman–Crippen LogP) is 4.11. The normalized spacial score (nSPS) is 22.5. The highest BCUT2D eigenvalue weighted by molar-refractivity contribution is 4.96. The summed E-state index contributed by atoms with van der Waals surface area (Å²) in [6.07, 6.45) is 16.1. The van der Waals surface area contributed by atoms with E-state index >= 15 is 0 Å². The van der Waals surface area contributed by atoms with Gasteiger partial charge in [-0.2, -0.15) is 0 Å². The van der Waals surface area contributed by atoms with Crippen molar-refractivity contribution in [1.29, 1.82) is 0 Å². The zero-order valence-corrected chi connectivity index (χ0v) is 23.2. The lowest BCUT2D eigenvalue weighted by Crippen LogP contribution is -2.42. The summed E-state index contributed by atoms with van der Waals surface area (Å²) in [5.74, 6) is 0.495. The minimum atomic E-state index is -0.0103. The Morgan fingerprint density at radius 3 is 1.66 bits per heavy atom. The molecule has 0 spiro atoms. The molecule has 1 fully saturated rings. The van der Waals surface area contributed by atoms with Crippen molar-refractivity contribution in [2.75, 3.05) is 45.9 Å². The SMILES string of the molecule is CCC(CC)C1OC(CNCCCCCCN)C(OCCCCCCN)C1OCCCCCCN. The minimum Gasteiger partial charge on any atom is -0.373 e. The zero-order chi connectivity index (χ0) is 25.6. The summed E-state index contributed by atoms with van der Waals surface area (Å²) in [6, 6.07) is 0. The van der Waals surface area contributed by atoms with Crippen LogP contribution in [0.5, 0.6) is 0 Å². The standard InChI is InChI=1S/C28H60N4O3/c1-3-24(4-2)26-28(34-22-16-10-7-13-19-31)27(33-21-15-9-6-12-18-30)25(35-26)23-32-20-14-8-5-11-17-29/h24-28,32H,3-23,29-31H2,1-2H3. The van der Waals surface area contributed by atoms with Gasteiger partial charge in [-0.25, -0.2) is 0 Å². The average molecular weight is 501 g/mol. The van der Waals surface area contributed by atoms with Gasteiger partial charge in [0.2, 0.25) is 0 Å². The van der Waals surface area contributed by atoms with Crippen molar-refractivity contribution in [3.05, 3.63) is 0 Å². The van der Waals surface area contributed by atoms with Crippen molar-refractivity contribution >= 4 is 0 Å². The van der Waals surface area contributed by atoms with Crippen molar-refractivity contribution in [1.82, 2.24) is 5.32 Å². The van der Waals surface area contributed by atoms with Crippen molar-refractivity contribution in [3.8, 4) is 0 Å². The fourth-order valence-corrected chi connectivity index (χ4v) is 5.07. The molecule has 7 nitrogen and oxygen atoms in total. The first-order valence-corrected chi connectivity index (χ1v) is 14.9. The number of ether oxygens (including phenoxy) is 3. The summed E-state index contributed by atoms with van der Waals surface area (Å²) >= 11 is 0. The third kappa shape index (κ3) is 14.3. The first-order valence-electron chi connectivity index (χ1n) is 14.9. The van der Waals surface area contributed by atoms with Crippen LogP contribution in [0, 0.1) is 5.92 Å². The maximum atomic E-state index is 6.70. The number of nitrogens with two attached hydrogens (primary N) is 3. The molecule has 0 aliphatic carbocycles. The second-order valence-corrected chi connectivity index (χ2v) is 10.2. The summed E-state index contributed by atoms with van der Waals surface area (Å²) in [7, 11) is 0. The second-order valence-electron chi connectivity index (χ2n) is 10.2. The van der Waals surface area contributed by atoms with E-state index < -0.39 is 0 Å². The lowest BCUT2D eigenvalue weighted by atomic mass is 9.91. The molecule has 7 N–H and O–H groups in total. The first kappa shape index (κ1) is 32.7. The van der Waals surface area contributed by atoms with Gasteiger partial charge < -0.3 is 36.7 Å². The average Bonchev–Trinajstić information content (AvgIpc) is 3.20. The molecule has 0 amide bonds. The van der Waals surface area contributed by atoms with Gasteiger partial charge in [0, 0.05) is 19.8 Å². The fourth-order valence-electron chi connectivity index (χ4n) is 5.07. The van der Waals surface area contributed by atoms with E-state index in [1.54, 1.807) is 0 Å².